The molecule has 0 aliphatic heterocycles. The Morgan fingerprint density at radius 1 is 0.812 bits per heavy atom. The standard InChI is InChI=1S/C16H14/c1-12-10-13-6-2-3-7-14(13)11-15-8-4-5-9-16(12)15/h2-10H,11H2,1H3. The molecule has 0 heteroatoms. The molecule has 0 heterocycles. The lowest BCUT2D eigenvalue weighted by atomic mass is 9.98. The number of fused-ring (bicyclic) bond motifs is 2. The van der Waals surface area contributed by atoms with E-state index in [4.69, 9.17) is 0 Å². The first-order valence-corrected chi connectivity index (χ1v) is 5.69. The van der Waals surface area contributed by atoms with Gasteiger partial charge in [-0.25, -0.2) is 0 Å². The summed E-state index contributed by atoms with van der Waals surface area (Å²) in [5.41, 5.74) is 6.96. The van der Waals surface area contributed by atoms with E-state index in [1.165, 1.54) is 27.8 Å². The molecule has 0 atom stereocenters. The molecule has 3 rings (SSSR count). The Morgan fingerprint density at radius 3 is 2.38 bits per heavy atom. The molecule has 78 valence electrons. The Balaban J connectivity index is 2.25. The maximum atomic E-state index is 2.29. The fourth-order valence-electron chi connectivity index (χ4n) is 2.41. The normalized spacial score (nSPS) is 13.4. The van der Waals surface area contributed by atoms with Crippen LogP contribution < -0.4 is 0 Å². The van der Waals surface area contributed by atoms with Crippen LogP contribution in [-0.2, 0) is 6.42 Å². The van der Waals surface area contributed by atoms with Gasteiger partial charge in [0.05, 0.1) is 0 Å². The van der Waals surface area contributed by atoms with E-state index in [1.807, 2.05) is 0 Å². The maximum Gasteiger partial charge on any atom is -0.00138 e. The Hall–Kier alpha value is -1.82. The highest BCUT2D eigenvalue weighted by Crippen LogP contribution is 2.29. The lowest BCUT2D eigenvalue weighted by Crippen LogP contribution is -1.91. The molecular formula is C16H14. The number of hydrogen-bond donors (Lipinski definition) is 0. The van der Waals surface area contributed by atoms with Crippen molar-refractivity contribution in [2.75, 3.05) is 0 Å². The van der Waals surface area contributed by atoms with Crippen LogP contribution in [0.2, 0.25) is 0 Å². The molecule has 16 heavy (non-hydrogen) atoms. The van der Waals surface area contributed by atoms with Crippen LogP contribution in [0.4, 0.5) is 0 Å². The molecule has 1 aliphatic carbocycles. The van der Waals surface area contributed by atoms with Gasteiger partial charge in [-0.1, -0.05) is 54.6 Å². The molecule has 1 aliphatic rings. The summed E-state index contributed by atoms with van der Waals surface area (Å²) in [4.78, 5) is 0. The quantitative estimate of drug-likeness (QED) is 0.607. The molecule has 0 amide bonds. The average molecular weight is 206 g/mol. The van der Waals surface area contributed by atoms with Crippen LogP contribution in [0.25, 0.3) is 11.6 Å². The second-order valence-electron chi connectivity index (χ2n) is 4.36. The van der Waals surface area contributed by atoms with Crippen LogP contribution in [0.15, 0.2) is 48.5 Å². The Kier molecular flexibility index (Phi) is 2.14. The van der Waals surface area contributed by atoms with Crippen molar-refractivity contribution >= 4 is 11.6 Å². The molecule has 0 nitrogen and oxygen atoms in total. The second kappa shape index (κ2) is 3.64. The number of rotatable bonds is 0. The van der Waals surface area contributed by atoms with E-state index in [0.29, 0.717) is 0 Å². The van der Waals surface area contributed by atoms with Crippen molar-refractivity contribution in [2.24, 2.45) is 0 Å². The molecule has 0 bridgehead atoms. The third kappa shape index (κ3) is 1.47. The summed E-state index contributed by atoms with van der Waals surface area (Å²) in [6, 6.07) is 17.3. The third-order valence-electron chi connectivity index (χ3n) is 3.25. The minimum absolute atomic E-state index is 1.04. The summed E-state index contributed by atoms with van der Waals surface area (Å²) in [5, 5.41) is 0. The summed E-state index contributed by atoms with van der Waals surface area (Å²) in [6.07, 6.45) is 3.33. The van der Waals surface area contributed by atoms with Gasteiger partial charge in [-0.3, -0.25) is 0 Å². The first-order valence-electron chi connectivity index (χ1n) is 5.69. The number of hydrogen-bond acceptors (Lipinski definition) is 0. The highest BCUT2D eigenvalue weighted by molar-refractivity contribution is 5.84. The molecule has 0 N–H and O–H groups in total. The lowest BCUT2D eigenvalue weighted by molar-refractivity contribution is 1.18. The molecule has 0 unspecified atom stereocenters. The molecule has 0 fully saturated rings. The molecule has 0 aromatic heterocycles. The number of allylic oxidation sites excluding steroid dienone is 1. The first-order chi connectivity index (χ1) is 7.84. The fraction of sp³-hybridized carbons (Fsp3) is 0.125. The minimum atomic E-state index is 1.04. The largest absolute Gasteiger partial charge is 0.0619 e. The van der Waals surface area contributed by atoms with Gasteiger partial charge in [-0.15, -0.1) is 0 Å². The molecule has 0 radical (unpaired) electrons. The van der Waals surface area contributed by atoms with E-state index >= 15 is 0 Å². The molecule has 0 spiro atoms. The molecule has 2 aromatic carbocycles. The summed E-state index contributed by atoms with van der Waals surface area (Å²) in [6.45, 7) is 2.20. The predicted molar refractivity (Wildman–Crippen MR) is 69.2 cm³/mol. The molecule has 0 saturated heterocycles. The van der Waals surface area contributed by atoms with Gasteiger partial charge in [-0.2, -0.15) is 0 Å². The average Bonchev–Trinajstić information content (AvgIpc) is 2.45. The van der Waals surface area contributed by atoms with Gasteiger partial charge in [0, 0.05) is 0 Å². The molecular weight excluding hydrogens is 192 g/mol. The van der Waals surface area contributed by atoms with Gasteiger partial charge >= 0.3 is 0 Å². The van der Waals surface area contributed by atoms with Crippen LogP contribution in [-0.4, -0.2) is 0 Å². The Bertz CT molecular complexity index is 562. The summed E-state index contributed by atoms with van der Waals surface area (Å²) in [5.74, 6) is 0. The van der Waals surface area contributed by atoms with Crippen LogP contribution in [0.5, 0.6) is 0 Å². The van der Waals surface area contributed by atoms with E-state index in [-0.39, 0.29) is 0 Å². The van der Waals surface area contributed by atoms with E-state index in [9.17, 15) is 0 Å². The zero-order valence-corrected chi connectivity index (χ0v) is 9.40. The first kappa shape index (κ1) is 9.41. The molecule has 2 aromatic rings. The van der Waals surface area contributed by atoms with Gasteiger partial charge < -0.3 is 0 Å². The highest BCUT2D eigenvalue weighted by Gasteiger charge is 2.11. The molecule has 0 saturated carbocycles. The Morgan fingerprint density at radius 2 is 1.50 bits per heavy atom. The zero-order chi connectivity index (χ0) is 11.0. The van der Waals surface area contributed by atoms with Gasteiger partial charge in [0.2, 0.25) is 0 Å². The zero-order valence-electron chi connectivity index (χ0n) is 9.40. The van der Waals surface area contributed by atoms with Crippen molar-refractivity contribution in [3.8, 4) is 0 Å². The second-order valence-corrected chi connectivity index (χ2v) is 4.36. The predicted octanol–water partition coefficient (Wildman–Crippen LogP) is 4.15. The monoisotopic (exact) mass is 206 g/mol. The lowest BCUT2D eigenvalue weighted by Gasteiger charge is -2.06. The number of benzene rings is 2. The highest BCUT2D eigenvalue weighted by atomic mass is 14.2. The smallest absolute Gasteiger partial charge is 0.00138 e. The van der Waals surface area contributed by atoms with E-state index in [2.05, 4.69) is 61.5 Å². The van der Waals surface area contributed by atoms with Crippen LogP contribution in [0.3, 0.4) is 0 Å². The van der Waals surface area contributed by atoms with E-state index < -0.39 is 0 Å². The Labute approximate surface area is 96.3 Å². The fourth-order valence-corrected chi connectivity index (χ4v) is 2.41. The van der Waals surface area contributed by atoms with Crippen LogP contribution in [0.1, 0.15) is 29.2 Å². The van der Waals surface area contributed by atoms with Gasteiger partial charge in [0.15, 0.2) is 0 Å². The summed E-state index contributed by atoms with van der Waals surface area (Å²) in [7, 11) is 0. The van der Waals surface area contributed by atoms with Crippen molar-refractivity contribution in [3.63, 3.8) is 0 Å². The summed E-state index contributed by atoms with van der Waals surface area (Å²) < 4.78 is 0. The maximum absolute atomic E-state index is 2.29. The van der Waals surface area contributed by atoms with Gasteiger partial charge in [-0.05, 0) is 41.2 Å². The van der Waals surface area contributed by atoms with Gasteiger partial charge in [0.25, 0.3) is 0 Å². The van der Waals surface area contributed by atoms with Crippen LogP contribution >= 0.6 is 0 Å². The topological polar surface area (TPSA) is 0 Å². The van der Waals surface area contributed by atoms with E-state index in [1.54, 1.807) is 0 Å². The van der Waals surface area contributed by atoms with Crippen molar-refractivity contribution in [1.29, 1.82) is 0 Å². The van der Waals surface area contributed by atoms with Gasteiger partial charge in [0.1, 0.15) is 0 Å². The van der Waals surface area contributed by atoms with Crippen molar-refractivity contribution < 1.29 is 0 Å². The SMILES string of the molecule is CC1=Cc2ccccc2Cc2ccccc21. The van der Waals surface area contributed by atoms with E-state index in [0.717, 1.165) is 6.42 Å². The van der Waals surface area contributed by atoms with Crippen LogP contribution in [0, 0.1) is 0 Å². The van der Waals surface area contributed by atoms with Crippen molar-refractivity contribution in [3.05, 3.63) is 70.8 Å². The third-order valence-corrected chi connectivity index (χ3v) is 3.25. The van der Waals surface area contributed by atoms with Crippen molar-refractivity contribution in [2.45, 2.75) is 13.3 Å². The minimum Gasteiger partial charge on any atom is -0.0619 e. The summed E-state index contributed by atoms with van der Waals surface area (Å²) >= 11 is 0. The van der Waals surface area contributed by atoms with Crippen molar-refractivity contribution in [1.82, 2.24) is 0 Å².